The van der Waals surface area contributed by atoms with Crippen LogP contribution in [0, 0.1) is 6.92 Å². The summed E-state index contributed by atoms with van der Waals surface area (Å²) in [7, 11) is -3.55. The molecule has 2 heterocycles. The van der Waals surface area contributed by atoms with Gasteiger partial charge in [-0.1, -0.05) is 30.3 Å². The van der Waals surface area contributed by atoms with Crippen molar-refractivity contribution in [2.75, 3.05) is 6.54 Å². The highest BCUT2D eigenvalue weighted by atomic mass is 32.2. The van der Waals surface area contributed by atoms with Crippen LogP contribution in [0.5, 0.6) is 0 Å². The van der Waals surface area contributed by atoms with E-state index in [1.165, 1.54) is 22.7 Å². The van der Waals surface area contributed by atoms with E-state index < -0.39 is 15.1 Å². The van der Waals surface area contributed by atoms with Crippen molar-refractivity contribution in [1.29, 1.82) is 0 Å². The standard InChI is InChI=1S/C18H17NO3S3/c1-13-6-2-3-7-14(13)18(20)19-12-16(15-8-4-10-23-15)25(21,22)17-9-5-11-24-17/h2-11,16H,12H2,1H3,(H,19,20). The molecule has 0 fully saturated rings. The van der Waals surface area contributed by atoms with E-state index in [4.69, 9.17) is 0 Å². The number of rotatable bonds is 6. The van der Waals surface area contributed by atoms with E-state index in [0.29, 0.717) is 9.77 Å². The number of hydrogen-bond donors (Lipinski definition) is 1. The Kier molecular flexibility index (Phi) is 5.36. The fourth-order valence-corrected chi connectivity index (χ4v) is 6.50. The Morgan fingerprint density at radius 3 is 2.40 bits per heavy atom. The molecule has 1 aromatic carbocycles. The van der Waals surface area contributed by atoms with Crippen LogP contribution in [0.1, 0.15) is 26.0 Å². The second kappa shape index (κ2) is 7.51. The van der Waals surface area contributed by atoms with Gasteiger partial charge < -0.3 is 5.32 Å². The van der Waals surface area contributed by atoms with Crippen LogP contribution in [0.4, 0.5) is 0 Å². The summed E-state index contributed by atoms with van der Waals surface area (Å²) in [4.78, 5) is 13.2. The molecule has 0 radical (unpaired) electrons. The van der Waals surface area contributed by atoms with E-state index in [2.05, 4.69) is 5.32 Å². The Hall–Kier alpha value is -1.96. The second-order valence-corrected chi connectivity index (χ2v) is 9.79. The first-order chi connectivity index (χ1) is 12.0. The average Bonchev–Trinajstić information content (AvgIpc) is 3.29. The Balaban J connectivity index is 1.85. The molecule has 7 heteroatoms. The van der Waals surface area contributed by atoms with Gasteiger partial charge in [-0.3, -0.25) is 4.79 Å². The molecule has 0 bridgehead atoms. The van der Waals surface area contributed by atoms with Gasteiger partial charge in [0.1, 0.15) is 9.46 Å². The molecule has 2 aromatic heterocycles. The molecule has 130 valence electrons. The first kappa shape index (κ1) is 17.8. The molecule has 0 saturated heterocycles. The summed E-state index contributed by atoms with van der Waals surface area (Å²) in [6.45, 7) is 1.89. The summed E-state index contributed by atoms with van der Waals surface area (Å²) in [6, 6.07) is 14.2. The van der Waals surface area contributed by atoms with E-state index in [1.807, 2.05) is 30.5 Å². The summed E-state index contributed by atoms with van der Waals surface area (Å²) >= 11 is 2.57. The molecular weight excluding hydrogens is 374 g/mol. The second-order valence-electron chi connectivity index (χ2n) is 5.51. The van der Waals surface area contributed by atoms with Crippen molar-refractivity contribution >= 4 is 38.4 Å². The van der Waals surface area contributed by atoms with Crippen molar-refractivity contribution in [3.8, 4) is 0 Å². The van der Waals surface area contributed by atoms with Gasteiger partial charge in [-0.05, 0) is 41.4 Å². The predicted octanol–water partition coefficient (Wildman–Crippen LogP) is 4.06. The molecule has 3 aromatic rings. The lowest BCUT2D eigenvalue weighted by molar-refractivity contribution is 0.0953. The van der Waals surface area contributed by atoms with Crippen molar-refractivity contribution in [1.82, 2.24) is 5.32 Å². The molecule has 0 aliphatic carbocycles. The average molecular weight is 392 g/mol. The van der Waals surface area contributed by atoms with Gasteiger partial charge in [0, 0.05) is 17.0 Å². The van der Waals surface area contributed by atoms with Crippen molar-refractivity contribution in [2.45, 2.75) is 16.4 Å². The molecule has 0 aliphatic rings. The van der Waals surface area contributed by atoms with Crippen LogP contribution in [0.25, 0.3) is 0 Å². The summed E-state index contributed by atoms with van der Waals surface area (Å²) in [5.74, 6) is -0.263. The van der Waals surface area contributed by atoms with Crippen LogP contribution in [0.2, 0.25) is 0 Å². The third-order valence-electron chi connectivity index (χ3n) is 3.85. The van der Waals surface area contributed by atoms with Crippen LogP contribution >= 0.6 is 22.7 Å². The maximum absolute atomic E-state index is 13.0. The Labute approximate surface area is 155 Å². The van der Waals surface area contributed by atoms with Gasteiger partial charge >= 0.3 is 0 Å². The Bertz CT molecular complexity index is 945. The summed E-state index contributed by atoms with van der Waals surface area (Å²) in [5.41, 5.74) is 1.41. The maximum Gasteiger partial charge on any atom is 0.251 e. The van der Waals surface area contributed by atoms with Gasteiger partial charge in [-0.25, -0.2) is 8.42 Å². The molecule has 4 nitrogen and oxygen atoms in total. The van der Waals surface area contributed by atoms with Crippen molar-refractivity contribution < 1.29 is 13.2 Å². The van der Waals surface area contributed by atoms with Crippen LogP contribution in [-0.2, 0) is 9.84 Å². The highest BCUT2D eigenvalue weighted by Gasteiger charge is 2.31. The first-order valence-electron chi connectivity index (χ1n) is 7.65. The predicted molar refractivity (Wildman–Crippen MR) is 102 cm³/mol. The monoisotopic (exact) mass is 391 g/mol. The van der Waals surface area contributed by atoms with Crippen LogP contribution < -0.4 is 5.32 Å². The third kappa shape index (κ3) is 3.84. The van der Waals surface area contributed by atoms with Gasteiger partial charge in [0.2, 0.25) is 0 Å². The molecule has 3 rings (SSSR count). The molecule has 0 saturated carbocycles. The number of amides is 1. The van der Waals surface area contributed by atoms with Crippen molar-refractivity contribution in [3.05, 3.63) is 75.3 Å². The molecule has 0 spiro atoms. The lowest BCUT2D eigenvalue weighted by Crippen LogP contribution is -2.31. The van der Waals surface area contributed by atoms with Gasteiger partial charge in [-0.2, -0.15) is 0 Å². The number of hydrogen-bond acceptors (Lipinski definition) is 5. The fraction of sp³-hybridized carbons (Fsp3) is 0.167. The molecule has 25 heavy (non-hydrogen) atoms. The minimum absolute atomic E-state index is 0.0356. The van der Waals surface area contributed by atoms with Crippen molar-refractivity contribution in [2.24, 2.45) is 0 Å². The van der Waals surface area contributed by atoms with Crippen molar-refractivity contribution in [3.63, 3.8) is 0 Å². The van der Waals surface area contributed by atoms with Crippen LogP contribution in [0.15, 0.2) is 63.5 Å². The third-order valence-corrected chi connectivity index (χ3v) is 8.50. The molecule has 1 N–H and O–H groups in total. The lowest BCUT2D eigenvalue weighted by atomic mass is 10.1. The summed E-state index contributed by atoms with van der Waals surface area (Å²) in [6.07, 6.45) is 0. The van der Waals surface area contributed by atoms with Crippen LogP contribution in [0.3, 0.4) is 0 Å². The minimum Gasteiger partial charge on any atom is -0.350 e. The molecule has 1 atom stereocenters. The number of carbonyl (C=O) groups is 1. The molecule has 1 unspecified atom stereocenters. The largest absolute Gasteiger partial charge is 0.350 e. The smallest absolute Gasteiger partial charge is 0.251 e. The SMILES string of the molecule is Cc1ccccc1C(=O)NCC(c1cccs1)S(=O)(=O)c1cccs1. The van der Waals surface area contributed by atoms with Gasteiger partial charge in [-0.15, -0.1) is 22.7 Å². The van der Waals surface area contributed by atoms with Crippen LogP contribution in [-0.4, -0.2) is 20.9 Å². The summed E-state index contributed by atoms with van der Waals surface area (Å²) in [5, 5.41) is 5.58. The number of benzene rings is 1. The topological polar surface area (TPSA) is 63.2 Å². The van der Waals surface area contributed by atoms with E-state index in [1.54, 1.807) is 35.7 Å². The van der Waals surface area contributed by atoms with E-state index in [9.17, 15) is 13.2 Å². The van der Waals surface area contributed by atoms with E-state index in [0.717, 1.165) is 10.4 Å². The normalized spacial score (nSPS) is 12.7. The number of aryl methyl sites for hydroxylation is 1. The van der Waals surface area contributed by atoms with E-state index in [-0.39, 0.29) is 12.5 Å². The van der Waals surface area contributed by atoms with Gasteiger partial charge in [0.05, 0.1) is 0 Å². The van der Waals surface area contributed by atoms with Gasteiger partial charge in [0.15, 0.2) is 9.84 Å². The highest BCUT2D eigenvalue weighted by Crippen LogP contribution is 2.33. The zero-order valence-electron chi connectivity index (χ0n) is 13.5. The molecular formula is C18H17NO3S3. The van der Waals surface area contributed by atoms with E-state index >= 15 is 0 Å². The van der Waals surface area contributed by atoms with Gasteiger partial charge in [0.25, 0.3) is 5.91 Å². The quantitative estimate of drug-likeness (QED) is 0.689. The zero-order chi connectivity index (χ0) is 17.9. The lowest BCUT2D eigenvalue weighted by Gasteiger charge is -2.17. The Morgan fingerprint density at radius 2 is 1.76 bits per heavy atom. The Morgan fingerprint density at radius 1 is 1.04 bits per heavy atom. The maximum atomic E-state index is 13.0. The number of thiophene rings is 2. The number of carbonyl (C=O) groups excluding carboxylic acids is 1. The molecule has 1 amide bonds. The number of nitrogens with one attached hydrogen (secondary N) is 1. The first-order valence-corrected chi connectivity index (χ1v) is 11.0. The highest BCUT2D eigenvalue weighted by molar-refractivity contribution is 7.93. The summed E-state index contributed by atoms with van der Waals surface area (Å²) < 4.78 is 26.3. The molecule has 0 aliphatic heterocycles. The number of sulfone groups is 1. The fourth-order valence-electron chi connectivity index (χ4n) is 2.51. The minimum atomic E-state index is -3.55. The zero-order valence-corrected chi connectivity index (χ0v) is 16.0.